The first-order chi connectivity index (χ1) is 21.7. The summed E-state index contributed by atoms with van der Waals surface area (Å²) in [5.41, 5.74) is 4.46. The molecule has 0 aliphatic rings. The molecule has 0 saturated heterocycles. The Morgan fingerprint density at radius 1 is 0.533 bits per heavy atom. The maximum atomic E-state index is 14.4. The fourth-order valence-corrected chi connectivity index (χ4v) is 5.54. The number of imidazole rings is 2. The molecule has 45 heavy (non-hydrogen) atoms. The van der Waals surface area contributed by atoms with Gasteiger partial charge in [0.1, 0.15) is 5.82 Å². The molecule has 9 nitrogen and oxygen atoms in total. The number of aromatic nitrogens is 7. The van der Waals surface area contributed by atoms with E-state index in [2.05, 4.69) is 16.0 Å². The van der Waals surface area contributed by atoms with Gasteiger partial charge in [-0.1, -0.05) is 54.6 Å². The van der Waals surface area contributed by atoms with E-state index in [-0.39, 0.29) is 32.4 Å². The largest absolute Gasteiger partial charge is 0.340 e. The minimum Gasteiger partial charge on any atom is -0.305 e. The Bertz CT molecular complexity index is 2420. The van der Waals surface area contributed by atoms with Gasteiger partial charge < -0.3 is 4.98 Å². The van der Waals surface area contributed by atoms with Crippen molar-refractivity contribution in [2.75, 3.05) is 0 Å². The minimum absolute atomic E-state index is 0. The minimum atomic E-state index is -0.325. The third-order valence-corrected chi connectivity index (χ3v) is 7.48. The molecule has 0 saturated carbocycles. The summed E-state index contributed by atoms with van der Waals surface area (Å²) in [6.45, 7) is 0. The molecule has 10 heteroatoms. The Hall–Kier alpha value is -5.66. The van der Waals surface area contributed by atoms with E-state index < -0.39 is 0 Å². The summed E-state index contributed by atoms with van der Waals surface area (Å²) in [6.07, 6.45) is 3.35. The SMILES string of the molecule is O=c1n(-c2ccccc2)c2cc3c(nc2n1-c1[c-]c(-c2ccccn2)ccc1)n(-c1ccccn1)c(=O)n3-c1ccccc1.[Pt]. The molecule has 0 spiro atoms. The average Bonchev–Trinajstić information content (AvgIpc) is 3.53. The van der Waals surface area contributed by atoms with Gasteiger partial charge in [-0.15, -0.1) is 29.8 Å². The van der Waals surface area contributed by atoms with Crippen LogP contribution in [0.1, 0.15) is 0 Å². The van der Waals surface area contributed by atoms with Gasteiger partial charge in [0.15, 0.2) is 11.3 Å². The van der Waals surface area contributed by atoms with Crippen molar-refractivity contribution in [3.8, 4) is 34.1 Å². The Morgan fingerprint density at radius 2 is 1.11 bits per heavy atom. The zero-order valence-electron chi connectivity index (χ0n) is 23.5. The van der Waals surface area contributed by atoms with E-state index in [0.29, 0.717) is 45.2 Å². The summed E-state index contributed by atoms with van der Waals surface area (Å²) in [4.78, 5) is 42.5. The van der Waals surface area contributed by atoms with Gasteiger partial charge >= 0.3 is 11.4 Å². The number of rotatable bonds is 5. The quantitative estimate of drug-likeness (QED) is 0.215. The number of benzene rings is 3. The van der Waals surface area contributed by atoms with Gasteiger partial charge in [0.25, 0.3) is 0 Å². The predicted molar refractivity (Wildman–Crippen MR) is 169 cm³/mol. The Morgan fingerprint density at radius 3 is 1.71 bits per heavy atom. The summed E-state index contributed by atoms with van der Waals surface area (Å²) < 4.78 is 6.22. The third kappa shape index (κ3) is 4.65. The molecule has 5 heterocycles. The zero-order chi connectivity index (χ0) is 29.6. The first-order valence-corrected chi connectivity index (χ1v) is 14.0. The van der Waals surface area contributed by atoms with Gasteiger partial charge in [0.05, 0.1) is 22.4 Å². The Labute approximate surface area is 270 Å². The molecule has 8 aromatic rings. The number of para-hydroxylation sites is 2. The Kier molecular flexibility index (Phi) is 7.15. The van der Waals surface area contributed by atoms with Gasteiger partial charge in [-0.05, 0) is 59.9 Å². The summed E-state index contributed by atoms with van der Waals surface area (Å²) in [5, 5.41) is 0. The van der Waals surface area contributed by atoms with Crippen molar-refractivity contribution in [2.24, 2.45) is 0 Å². The van der Waals surface area contributed by atoms with Crippen molar-refractivity contribution < 1.29 is 21.1 Å². The molecule has 0 bridgehead atoms. The fourth-order valence-electron chi connectivity index (χ4n) is 5.54. The molecule has 0 aliphatic heterocycles. The number of fused-ring (bicyclic) bond motifs is 2. The van der Waals surface area contributed by atoms with Crippen LogP contribution in [0.25, 0.3) is 56.5 Å². The fraction of sp³-hybridized carbons (Fsp3) is 0. The monoisotopic (exact) mass is 767 g/mol. The maximum absolute atomic E-state index is 14.4. The van der Waals surface area contributed by atoms with E-state index >= 15 is 0 Å². The van der Waals surface area contributed by atoms with Crippen molar-refractivity contribution in [3.05, 3.63) is 161 Å². The molecule has 3 aromatic carbocycles. The van der Waals surface area contributed by atoms with Crippen molar-refractivity contribution in [2.45, 2.75) is 0 Å². The van der Waals surface area contributed by atoms with Crippen LogP contribution in [0.5, 0.6) is 0 Å². The Balaban J connectivity index is 0.00000325. The summed E-state index contributed by atoms with van der Waals surface area (Å²) in [5.74, 6) is 0.420. The first kappa shape index (κ1) is 28.1. The van der Waals surface area contributed by atoms with Crippen LogP contribution in [-0.4, -0.2) is 33.2 Å². The van der Waals surface area contributed by atoms with Gasteiger partial charge in [0.2, 0.25) is 0 Å². The van der Waals surface area contributed by atoms with E-state index in [1.807, 2.05) is 109 Å². The maximum Gasteiger partial charge on any atom is 0.340 e. The van der Waals surface area contributed by atoms with Crippen LogP contribution in [0, 0.1) is 6.07 Å². The molecule has 220 valence electrons. The van der Waals surface area contributed by atoms with Crippen LogP contribution in [0.4, 0.5) is 0 Å². The molecule has 0 N–H and O–H groups in total. The average molecular weight is 768 g/mol. The first-order valence-electron chi connectivity index (χ1n) is 14.0. The molecular formula is C35H22N7O2Pt-. The van der Waals surface area contributed by atoms with Gasteiger partial charge in [-0.25, -0.2) is 24.1 Å². The smallest absolute Gasteiger partial charge is 0.305 e. The van der Waals surface area contributed by atoms with E-state index in [4.69, 9.17) is 4.98 Å². The molecule has 8 rings (SSSR count). The van der Waals surface area contributed by atoms with Gasteiger partial charge in [0, 0.05) is 33.5 Å². The molecule has 0 aliphatic carbocycles. The van der Waals surface area contributed by atoms with Crippen LogP contribution < -0.4 is 11.4 Å². The number of hydrogen-bond donors (Lipinski definition) is 0. The number of pyridine rings is 3. The van der Waals surface area contributed by atoms with Crippen molar-refractivity contribution in [1.29, 1.82) is 0 Å². The molecular weight excluding hydrogens is 746 g/mol. The van der Waals surface area contributed by atoms with E-state index in [0.717, 1.165) is 11.3 Å². The van der Waals surface area contributed by atoms with Crippen LogP contribution in [-0.2, 0) is 21.1 Å². The topological polar surface area (TPSA) is 92.5 Å². The zero-order valence-corrected chi connectivity index (χ0v) is 25.7. The predicted octanol–water partition coefficient (Wildman–Crippen LogP) is 5.53. The van der Waals surface area contributed by atoms with E-state index in [1.165, 1.54) is 9.13 Å². The summed E-state index contributed by atoms with van der Waals surface area (Å²) >= 11 is 0. The molecule has 0 atom stereocenters. The van der Waals surface area contributed by atoms with Crippen molar-refractivity contribution in [3.63, 3.8) is 0 Å². The van der Waals surface area contributed by atoms with E-state index in [9.17, 15) is 9.59 Å². The van der Waals surface area contributed by atoms with Crippen LogP contribution in [0.2, 0.25) is 0 Å². The molecule has 0 fully saturated rings. The second-order valence-corrected chi connectivity index (χ2v) is 10.1. The second kappa shape index (κ2) is 11.4. The van der Waals surface area contributed by atoms with Crippen molar-refractivity contribution in [1.82, 2.24) is 33.2 Å². The normalized spacial score (nSPS) is 11.1. The van der Waals surface area contributed by atoms with Gasteiger partial charge in [-0.2, -0.15) is 0 Å². The van der Waals surface area contributed by atoms with Crippen molar-refractivity contribution >= 4 is 22.3 Å². The van der Waals surface area contributed by atoms with Crippen LogP contribution >= 0.6 is 0 Å². The molecule has 5 aromatic heterocycles. The number of nitrogens with zero attached hydrogens (tertiary/aromatic N) is 7. The molecule has 0 radical (unpaired) electrons. The second-order valence-electron chi connectivity index (χ2n) is 10.1. The summed E-state index contributed by atoms with van der Waals surface area (Å²) in [6, 6.07) is 40.6. The summed E-state index contributed by atoms with van der Waals surface area (Å²) in [7, 11) is 0. The standard InChI is InChI=1S/C35H22N7O2.Pt/c43-34-39(25-13-3-1-4-14-25)29-23-30-33(38-32(29)41(34)27-17-11-12-24(22-27)28-18-7-9-20-36-28)42(31-19-8-10-21-37-31)35(44)40(30)26-15-5-2-6-16-26;/h1-21,23H;/q-1;. The third-order valence-electron chi connectivity index (χ3n) is 7.48. The van der Waals surface area contributed by atoms with Gasteiger partial charge in [-0.3, -0.25) is 13.7 Å². The van der Waals surface area contributed by atoms with Crippen LogP contribution in [0.3, 0.4) is 0 Å². The van der Waals surface area contributed by atoms with Crippen LogP contribution in [0.15, 0.2) is 143 Å². The molecule has 0 unspecified atom stereocenters. The molecule has 0 amide bonds. The number of hydrogen-bond acceptors (Lipinski definition) is 5. The van der Waals surface area contributed by atoms with E-state index in [1.54, 1.807) is 33.7 Å².